The van der Waals surface area contributed by atoms with Crippen molar-refractivity contribution in [3.05, 3.63) is 53.6 Å². The van der Waals surface area contributed by atoms with Crippen LogP contribution in [0.3, 0.4) is 0 Å². The Labute approximate surface area is 146 Å². The maximum Gasteiger partial charge on any atom is 0.387 e. The van der Waals surface area contributed by atoms with E-state index in [4.69, 9.17) is 9.47 Å². The van der Waals surface area contributed by atoms with E-state index in [1.807, 2.05) is 37.4 Å². The zero-order valence-corrected chi connectivity index (χ0v) is 14.8. The van der Waals surface area contributed by atoms with Crippen LogP contribution in [0.2, 0.25) is 0 Å². The summed E-state index contributed by atoms with van der Waals surface area (Å²) in [7, 11) is 5.03. The van der Waals surface area contributed by atoms with Crippen molar-refractivity contribution in [3.8, 4) is 17.2 Å². The van der Waals surface area contributed by atoms with Crippen molar-refractivity contribution in [1.82, 2.24) is 4.90 Å². The summed E-state index contributed by atoms with van der Waals surface area (Å²) in [4.78, 5) is 2.11. The highest BCUT2D eigenvalue weighted by Crippen LogP contribution is 2.31. The van der Waals surface area contributed by atoms with Gasteiger partial charge in [-0.05, 0) is 49.4 Å². The Balaban J connectivity index is 2.14. The van der Waals surface area contributed by atoms with Crippen LogP contribution in [0.4, 0.5) is 8.78 Å². The fourth-order valence-corrected chi connectivity index (χ4v) is 2.59. The van der Waals surface area contributed by atoms with Gasteiger partial charge in [0, 0.05) is 12.6 Å². The maximum absolute atomic E-state index is 12.6. The molecule has 0 bridgehead atoms. The van der Waals surface area contributed by atoms with Gasteiger partial charge in [0.05, 0.1) is 14.2 Å². The molecule has 0 heterocycles. The fourth-order valence-electron chi connectivity index (χ4n) is 2.59. The molecule has 1 atom stereocenters. The molecular weight excluding hydrogens is 328 g/mol. The van der Waals surface area contributed by atoms with Gasteiger partial charge >= 0.3 is 6.61 Å². The van der Waals surface area contributed by atoms with Crippen LogP contribution < -0.4 is 14.2 Å². The van der Waals surface area contributed by atoms with Gasteiger partial charge in [-0.2, -0.15) is 8.78 Å². The first-order valence-electron chi connectivity index (χ1n) is 7.90. The molecule has 136 valence electrons. The largest absolute Gasteiger partial charge is 0.497 e. The molecule has 0 aliphatic rings. The van der Waals surface area contributed by atoms with E-state index in [1.165, 1.54) is 7.11 Å². The third-order valence-electron chi connectivity index (χ3n) is 4.11. The number of nitrogens with zero attached hydrogens (tertiary/aromatic N) is 1. The SMILES string of the molecule is COc1cccc([C@@H](C)N(C)Cc2ccc(OC)c(OC(F)F)c2)c1. The van der Waals surface area contributed by atoms with E-state index in [2.05, 4.69) is 16.6 Å². The Morgan fingerprint density at radius 3 is 2.40 bits per heavy atom. The van der Waals surface area contributed by atoms with Crippen molar-refractivity contribution < 1.29 is 23.0 Å². The van der Waals surface area contributed by atoms with Crippen LogP contribution in [0.25, 0.3) is 0 Å². The summed E-state index contributed by atoms with van der Waals surface area (Å²) in [6.45, 7) is -0.241. The van der Waals surface area contributed by atoms with Crippen molar-refractivity contribution >= 4 is 0 Å². The molecule has 0 saturated heterocycles. The Morgan fingerprint density at radius 1 is 1.00 bits per heavy atom. The van der Waals surface area contributed by atoms with E-state index in [0.717, 1.165) is 16.9 Å². The summed E-state index contributed by atoms with van der Waals surface area (Å²) in [6.07, 6.45) is 0. The molecule has 2 aromatic rings. The number of rotatable bonds is 8. The number of hydrogen-bond donors (Lipinski definition) is 0. The zero-order chi connectivity index (χ0) is 18.4. The summed E-state index contributed by atoms with van der Waals surface area (Å²) in [5.41, 5.74) is 1.97. The summed E-state index contributed by atoms with van der Waals surface area (Å²) in [5, 5.41) is 0. The van der Waals surface area contributed by atoms with Gasteiger partial charge in [0.1, 0.15) is 5.75 Å². The van der Waals surface area contributed by atoms with Crippen LogP contribution in [0, 0.1) is 0 Å². The zero-order valence-electron chi connectivity index (χ0n) is 14.8. The van der Waals surface area contributed by atoms with Crippen LogP contribution in [-0.4, -0.2) is 32.8 Å². The van der Waals surface area contributed by atoms with Gasteiger partial charge < -0.3 is 14.2 Å². The number of benzene rings is 2. The lowest BCUT2D eigenvalue weighted by Crippen LogP contribution is -2.22. The van der Waals surface area contributed by atoms with Crippen LogP contribution >= 0.6 is 0 Å². The summed E-state index contributed by atoms with van der Waals surface area (Å²) in [6, 6.07) is 13.0. The minimum absolute atomic E-state index is 0.0393. The van der Waals surface area contributed by atoms with E-state index in [0.29, 0.717) is 6.54 Å². The molecule has 0 unspecified atom stereocenters. The third kappa shape index (κ3) is 5.06. The highest BCUT2D eigenvalue weighted by molar-refractivity contribution is 5.43. The van der Waals surface area contributed by atoms with E-state index in [1.54, 1.807) is 19.2 Å². The smallest absolute Gasteiger partial charge is 0.387 e. The Bertz CT molecular complexity index is 694. The van der Waals surface area contributed by atoms with Crippen LogP contribution in [0.5, 0.6) is 17.2 Å². The first-order valence-corrected chi connectivity index (χ1v) is 7.90. The lowest BCUT2D eigenvalue weighted by atomic mass is 10.1. The first-order chi connectivity index (χ1) is 11.9. The predicted octanol–water partition coefficient (Wildman–Crippen LogP) is 4.50. The second-order valence-corrected chi connectivity index (χ2v) is 5.73. The Kier molecular flexibility index (Phi) is 6.58. The van der Waals surface area contributed by atoms with E-state index in [-0.39, 0.29) is 17.5 Å². The standard InChI is InChI=1S/C19H23F2NO3/c1-13(15-6-5-7-16(11-15)23-3)22(2)12-14-8-9-17(24-4)18(10-14)25-19(20)21/h5-11,13,19H,12H2,1-4H3/t13-/m1/s1. The minimum Gasteiger partial charge on any atom is -0.497 e. The number of halogens is 2. The van der Waals surface area contributed by atoms with E-state index < -0.39 is 6.61 Å². The molecule has 0 N–H and O–H groups in total. The summed E-state index contributed by atoms with van der Waals surface area (Å²) in [5.74, 6) is 1.12. The van der Waals surface area contributed by atoms with Gasteiger partial charge in [0.25, 0.3) is 0 Å². The lowest BCUT2D eigenvalue weighted by molar-refractivity contribution is -0.0512. The topological polar surface area (TPSA) is 30.9 Å². The normalized spacial score (nSPS) is 12.3. The molecule has 25 heavy (non-hydrogen) atoms. The molecule has 2 aromatic carbocycles. The van der Waals surface area contributed by atoms with E-state index in [9.17, 15) is 8.78 Å². The van der Waals surface area contributed by atoms with Crippen LogP contribution in [0.15, 0.2) is 42.5 Å². The molecule has 0 fully saturated rings. The van der Waals surface area contributed by atoms with Crippen LogP contribution in [-0.2, 0) is 6.54 Å². The molecule has 0 spiro atoms. The molecule has 0 aromatic heterocycles. The van der Waals surface area contributed by atoms with Crippen molar-refractivity contribution in [2.24, 2.45) is 0 Å². The van der Waals surface area contributed by atoms with Gasteiger partial charge in [-0.3, -0.25) is 4.90 Å². The first kappa shape index (κ1) is 19.0. The molecule has 0 radical (unpaired) electrons. The number of ether oxygens (including phenoxy) is 3. The van der Waals surface area contributed by atoms with Crippen molar-refractivity contribution in [1.29, 1.82) is 0 Å². The summed E-state index contributed by atoms with van der Waals surface area (Å²) >= 11 is 0. The van der Waals surface area contributed by atoms with Crippen molar-refractivity contribution in [2.75, 3.05) is 21.3 Å². The highest BCUT2D eigenvalue weighted by Gasteiger charge is 2.15. The van der Waals surface area contributed by atoms with Gasteiger partial charge in [-0.15, -0.1) is 0 Å². The molecule has 6 heteroatoms. The van der Waals surface area contributed by atoms with Crippen molar-refractivity contribution in [2.45, 2.75) is 26.1 Å². The fraction of sp³-hybridized carbons (Fsp3) is 0.368. The molecule has 0 amide bonds. The van der Waals surface area contributed by atoms with Crippen molar-refractivity contribution in [3.63, 3.8) is 0 Å². The molecule has 4 nitrogen and oxygen atoms in total. The minimum atomic E-state index is -2.89. The quantitative estimate of drug-likeness (QED) is 0.701. The molecule has 0 saturated carbocycles. The Morgan fingerprint density at radius 2 is 1.76 bits per heavy atom. The lowest BCUT2D eigenvalue weighted by Gasteiger charge is -2.26. The number of hydrogen-bond acceptors (Lipinski definition) is 4. The van der Waals surface area contributed by atoms with Gasteiger partial charge in [-0.1, -0.05) is 18.2 Å². The third-order valence-corrected chi connectivity index (χ3v) is 4.11. The molecule has 0 aliphatic carbocycles. The van der Waals surface area contributed by atoms with Gasteiger partial charge in [0.2, 0.25) is 0 Å². The van der Waals surface area contributed by atoms with Gasteiger partial charge in [0.15, 0.2) is 11.5 Å². The van der Waals surface area contributed by atoms with Crippen LogP contribution in [0.1, 0.15) is 24.1 Å². The second-order valence-electron chi connectivity index (χ2n) is 5.73. The van der Waals surface area contributed by atoms with E-state index >= 15 is 0 Å². The predicted molar refractivity (Wildman–Crippen MR) is 92.5 cm³/mol. The maximum atomic E-state index is 12.6. The number of methoxy groups -OCH3 is 2. The molecule has 0 aliphatic heterocycles. The second kappa shape index (κ2) is 8.67. The van der Waals surface area contributed by atoms with Gasteiger partial charge in [-0.25, -0.2) is 0 Å². The molecular formula is C19H23F2NO3. The summed E-state index contributed by atoms with van der Waals surface area (Å²) < 4.78 is 40.0. The number of alkyl halides is 2. The average Bonchev–Trinajstić information content (AvgIpc) is 2.60. The monoisotopic (exact) mass is 351 g/mol. The Hall–Kier alpha value is -2.34. The average molecular weight is 351 g/mol. The highest BCUT2D eigenvalue weighted by atomic mass is 19.3. The molecule has 2 rings (SSSR count).